The number of thioether (sulfide) groups is 1. The van der Waals surface area contributed by atoms with Gasteiger partial charge in [-0.1, -0.05) is 42.2 Å². The Morgan fingerprint density at radius 2 is 1.82 bits per heavy atom. The molecule has 2 aromatic rings. The molecule has 0 saturated carbocycles. The van der Waals surface area contributed by atoms with Crippen molar-refractivity contribution in [1.29, 1.82) is 0 Å². The SMILES string of the molecule is CN1C(=O)C(=Cc2ccccc2OCCOc2ccc([N+](=O)[O-])cc2)SC1=S. The highest BCUT2D eigenvalue weighted by Gasteiger charge is 2.28. The number of rotatable bonds is 7. The van der Waals surface area contributed by atoms with Crippen molar-refractivity contribution in [2.45, 2.75) is 0 Å². The van der Waals surface area contributed by atoms with Gasteiger partial charge in [0.2, 0.25) is 0 Å². The first-order chi connectivity index (χ1) is 13.5. The van der Waals surface area contributed by atoms with E-state index in [1.54, 1.807) is 25.3 Å². The van der Waals surface area contributed by atoms with Crippen molar-refractivity contribution >= 4 is 46.0 Å². The third kappa shape index (κ3) is 4.68. The molecule has 1 aliphatic heterocycles. The molecule has 1 amide bonds. The van der Waals surface area contributed by atoms with E-state index in [2.05, 4.69) is 0 Å². The van der Waals surface area contributed by atoms with Crippen LogP contribution in [0.5, 0.6) is 11.5 Å². The molecule has 9 heteroatoms. The molecule has 0 unspecified atom stereocenters. The molecule has 0 N–H and O–H groups in total. The number of para-hydroxylation sites is 1. The Kier molecular flexibility index (Phi) is 6.27. The second-order valence-electron chi connectivity index (χ2n) is 5.73. The lowest BCUT2D eigenvalue weighted by molar-refractivity contribution is -0.384. The molecule has 0 spiro atoms. The average molecular weight is 416 g/mol. The van der Waals surface area contributed by atoms with Gasteiger partial charge >= 0.3 is 0 Å². The van der Waals surface area contributed by atoms with E-state index >= 15 is 0 Å². The molecule has 1 saturated heterocycles. The standard InChI is InChI=1S/C19H16N2O5S2/c1-20-18(22)17(28-19(20)27)12-13-4-2-3-5-16(13)26-11-10-25-15-8-6-14(7-9-15)21(23)24/h2-9,12H,10-11H2,1H3. The molecule has 7 nitrogen and oxygen atoms in total. The normalized spacial score (nSPS) is 15.2. The van der Waals surface area contributed by atoms with Crippen LogP contribution in [0.3, 0.4) is 0 Å². The van der Waals surface area contributed by atoms with E-state index in [1.165, 1.54) is 28.8 Å². The van der Waals surface area contributed by atoms with Gasteiger partial charge in [-0.3, -0.25) is 19.8 Å². The van der Waals surface area contributed by atoms with E-state index in [9.17, 15) is 14.9 Å². The molecule has 1 fully saturated rings. The third-order valence-corrected chi connectivity index (χ3v) is 5.33. The molecule has 0 radical (unpaired) electrons. The summed E-state index contributed by atoms with van der Waals surface area (Å²) in [6, 6.07) is 13.2. The number of nitro benzene ring substituents is 1. The van der Waals surface area contributed by atoms with Gasteiger partial charge in [0.05, 0.1) is 9.83 Å². The maximum atomic E-state index is 12.2. The average Bonchev–Trinajstić information content (AvgIpc) is 2.93. The fraction of sp³-hybridized carbons (Fsp3) is 0.158. The summed E-state index contributed by atoms with van der Waals surface area (Å²) in [6.45, 7) is 0.541. The fourth-order valence-electron chi connectivity index (χ4n) is 2.39. The molecule has 0 aromatic heterocycles. The fourth-order valence-corrected chi connectivity index (χ4v) is 3.56. The number of thiocarbonyl (C=S) groups is 1. The Labute approximate surface area is 171 Å². The van der Waals surface area contributed by atoms with Gasteiger partial charge < -0.3 is 9.47 Å². The van der Waals surface area contributed by atoms with Crippen molar-refractivity contribution in [3.63, 3.8) is 0 Å². The number of non-ortho nitro benzene ring substituents is 1. The summed E-state index contributed by atoms with van der Waals surface area (Å²) in [5.74, 6) is 1.01. The van der Waals surface area contributed by atoms with Crippen LogP contribution in [0.2, 0.25) is 0 Å². The molecule has 28 heavy (non-hydrogen) atoms. The van der Waals surface area contributed by atoms with Crippen LogP contribution in [0.15, 0.2) is 53.4 Å². The van der Waals surface area contributed by atoms with Crippen LogP contribution >= 0.6 is 24.0 Å². The summed E-state index contributed by atoms with van der Waals surface area (Å²) < 4.78 is 11.8. The zero-order valence-corrected chi connectivity index (χ0v) is 16.5. The van der Waals surface area contributed by atoms with E-state index in [0.29, 0.717) is 20.7 Å². The summed E-state index contributed by atoms with van der Waals surface area (Å²) in [5.41, 5.74) is 0.779. The van der Waals surface area contributed by atoms with Gasteiger partial charge in [0.15, 0.2) is 0 Å². The molecule has 1 aliphatic rings. The predicted octanol–water partition coefficient (Wildman–Crippen LogP) is 3.88. The molecule has 1 heterocycles. The van der Waals surface area contributed by atoms with Crippen molar-refractivity contribution < 1.29 is 19.2 Å². The Balaban J connectivity index is 1.59. The van der Waals surface area contributed by atoms with Gasteiger partial charge in [-0.25, -0.2) is 0 Å². The second-order valence-corrected chi connectivity index (χ2v) is 7.40. The van der Waals surface area contributed by atoms with E-state index < -0.39 is 4.92 Å². The smallest absolute Gasteiger partial charge is 0.269 e. The van der Waals surface area contributed by atoms with Crippen molar-refractivity contribution in [3.05, 3.63) is 69.1 Å². The van der Waals surface area contributed by atoms with Gasteiger partial charge in [0.25, 0.3) is 11.6 Å². The molecule has 144 valence electrons. The molecular weight excluding hydrogens is 400 g/mol. The van der Waals surface area contributed by atoms with Crippen LogP contribution in [0, 0.1) is 10.1 Å². The van der Waals surface area contributed by atoms with Gasteiger partial charge in [-0.05, 0) is 24.3 Å². The summed E-state index contributed by atoms with van der Waals surface area (Å²) in [4.78, 5) is 24.3. The minimum atomic E-state index is -0.462. The monoisotopic (exact) mass is 416 g/mol. The highest BCUT2D eigenvalue weighted by molar-refractivity contribution is 8.26. The first-order valence-electron chi connectivity index (χ1n) is 8.26. The number of carbonyl (C=O) groups is 1. The minimum Gasteiger partial charge on any atom is -0.490 e. The Bertz CT molecular complexity index is 944. The Hall–Kier alpha value is -2.91. The predicted molar refractivity (Wildman–Crippen MR) is 111 cm³/mol. The van der Waals surface area contributed by atoms with Gasteiger partial charge in [0, 0.05) is 24.7 Å². The topological polar surface area (TPSA) is 81.9 Å². The minimum absolute atomic E-state index is 0.00928. The number of hydrogen-bond donors (Lipinski definition) is 0. The number of benzene rings is 2. The highest BCUT2D eigenvalue weighted by Crippen LogP contribution is 2.33. The van der Waals surface area contributed by atoms with Crippen LogP contribution in [-0.2, 0) is 4.79 Å². The van der Waals surface area contributed by atoms with Crippen LogP contribution < -0.4 is 9.47 Å². The number of ether oxygens (including phenoxy) is 2. The first-order valence-corrected chi connectivity index (χ1v) is 9.49. The van der Waals surface area contributed by atoms with Crippen molar-refractivity contribution in [1.82, 2.24) is 4.90 Å². The zero-order valence-electron chi connectivity index (χ0n) is 14.9. The zero-order chi connectivity index (χ0) is 20.1. The van der Waals surface area contributed by atoms with E-state index in [4.69, 9.17) is 21.7 Å². The van der Waals surface area contributed by atoms with Crippen molar-refractivity contribution in [2.24, 2.45) is 0 Å². The van der Waals surface area contributed by atoms with Gasteiger partial charge in [-0.15, -0.1) is 0 Å². The second kappa shape index (κ2) is 8.85. The summed E-state index contributed by atoms with van der Waals surface area (Å²) in [6.07, 6.45) is 1.76. The van der Waals surface area contributed by atoms with Crippen LogP contribution in [-0.4, -0.2) is 40.3 Å². The van der Waals surface area contributed by atoms with E-state index in [-0.39, 0.29) is 24.8 Å². The van der Waals surface area contributed by atoms with Crippen LogP contribution in [0.4, 0.5) is 5.69 Å². The number of hydrogen-bond acceptors (Lipinski definition) is 7. The summed E-state index contributed by atoms with van der Waals surface area (Å²) >= 11 is 6.40. The molecule has 2 aromatic carbocycles. The van der Waals surface area contributed by atoms with Gasteiger partial charge in [0.1, 0.15) is 29.0 Å². The molecule has 0 aliphatic carbocycles. The van der Waals surface area contributed by atoms with E-state index in [0.717, 1.165) is 5.56 Å². The number of likely N-dealkylation sites (N-methyl/N-ethyl adjacent to an activating group) is 1. The van der Waals surface area contributed by atoms with Gasteiger partial charge in [-0.2, -0.15) is 0 Å². The van der Waals surface area contributed by atoms with Crippen molar-refractivity contribution in [2.75, 3.05) is 20.3 Å². The largest absolute Gasteiger partial charge is 0.490 e. The quantitative estimate of drug-likeness (QED) is 0.223. The lowest BCUT2D eigenvalue weighted by atomic mass is 10.2. The maximum absolute atomic E-state index is 12.2. The first kappa shape index (κ1) is 19.8. The Morgan fingerprint density at radius 1 is 1.14 bits per heavy atom. The lowest BCUT2D eigenvalue weighted by Gasteiger charge is -2.10. The highest BCUT2D eigenvalue weighted by atomic mass is 32.2. The number of carbonyl (C=O) groups excluding carboxylic acids is 1. The molecule has 3 rings (SSSR count). The van der Waals surface area contributed by atoms with Crippen LogP contribution in [0.25, 0.3) is 6.08 Å². The lowest BCUT2D eigenvalue weighted by Crippen LogP contribution is -2.22. The number of amides is 1. The van der Waals surface area contributed by atoms with Crippen molar-refractivity contribution in [3.8, 4) is 11.5 Å². The Morgan fingerprint density at radius 3 is 2.46 bits per heavy atom. The van der Waals surface area contributed by atoms with Crippen LogP contribution in [0.1, 0.15) is 5.56 Å². The molecular formula is C19H16N2O5S2. The maximum Gasteiger partial charge on any atom is 0.269 e. The molecule has 0 bridgehead atoms. The summed E-state index contributed by atoms with van der Waals surface area (Å²) in [5, 5.41) is 10.6. The molecule has 0 atom stereocenters. The number of nitrogens with zero attached hydrogens (tertiary/aromatic N) is 2. The third-order valence-electron chi connectivity index (χ3n) is 3.85. The summed E-state index contributed by atoms with van der Waals surface area (Å²) in [7, 11) is 1.65. The van der Waals surface area contributed by atoms with E-state index in [1.807, 2.05) is 24.3 Å². The number of nitro groups is 1.